The van der Waals surface area contributed by atoms with Crippen molar-refractivity contribution in [2.24, 2.45) is 0 Å². The normalized spacial score (nSPS) is 38.1. The fourth-order valence-electron chi connectivity index (χ4n) is 2.74. The highest BCUT2D eigenvalue weighted by Gasteiger charge is 2.30. The summed E-state index contributed by atoms with van der Waals surface area (Å²) in [6, 6.07) is 2.26. The van der Waals surface area contributed by atoms with E-state index in [4.69, 9.17) is 0 Å². The predicted molar refractivity (Wildman–Crippen MR) is 59.9 cm³/mol. The lowest BCUT2D eigenvalue weighted by molar-refractivity contribution is -0.571. The molecule has 2 heterocycles. The van der Waals surface area contributed by atoms with Gasteiger partial charge in [0.25, 0.3) is 0 Å². The van der Waals surface area contributed by atoms with Gasteiger partial charge in [-0.2, -0.15) is 0 Å². The van der Waals surface area contributed by atoms with Crippen LogP contribution in [0.25, 0.3) is 0 Å². The van der Waals surface area contributed by atoms with Crippen LogP contribution in [0.1, 0.15) is 46.5 Å². The van der Waals surface area contributed by atoms with Crippen molar-refractivity contribution in [3.8, 4) is 0 Å². The zero-order valence-corrected chi connectivity index (χ0v) is 9.74. The molecule has 0 aliphatic carbocycles. The fourth-order valence-corrected chi connectivity index (χ4v) is 2.74. The van der Waals surface area contributed by atoms with Crippen LogP contribution in [0.4, 0.5) is 0 Å². The van der Waals surface area contributed by atoms with E-state index < -0.39 is 0 Å². The summed E-state index contributed by atoms with van der Waals surface area (Å²) in [5.41, 5.74) is 0. The predicted octanol–water partition coefficient (Wildman–Crippen LogP) is 2.08. The topological polar surface area (TPSA) is 6.25 Å². The first-order valence-corrected chi connectivity index (χ1v) is 6.06. The molecule has 2 heteroatoms. The number of rotatable bonds is 1. The number of likely N-dealkylation sites (tertiary alicyclic amines) is 1. The standard InChI is InChI=1S/C12H23N2/c1-10-5-4-8-13(10)9-14-11(2)6-7-12(14)3/h9-12H,4-8H2,1-3H3/q+1/t10-,11-,12-/m0/s1. The van der Waals surface area contributed by atoms with E-state index in [2.05, 4.69) is 36.6 Å². The van der Waals surface area contributed by atoms with Gasteiger partial charge in [-0.3, -0.25) is 9.48 Å². The molecule has 0 N–H and O–H groups in total. The van der Waals surface area contributed by atoms with Gasteiger partial charge in [0.2, 0.25) is 6.34 Å². The van der Waals surface area contributed by atoms with Crippen molar-refractivity contribution >= 4 is 6.34 Å². The molecule has 0 radical (unpaired) electrons. The fraction of sp³-hybridized carbons (Fsp3) is 0.917. The van der Waals surface area contributed by atoms with Gasteiger partial charge in [0.05, 0.1) is 24.7 Å². The molecule has 0 bridgehead atoms. The average molecular weight is 195 g/mol. The van der Waals surface area contributed by atoms with Crippen LogP contribution in [0, 0.1) is 0 Å². The van der Waals surface area contributed by atoms with Gasteiger partial charge in [0.1, 0.15) is 0 Å². The summed E-state index contributed by atoms with van der Waals surface area (Å²) in [5.74, 6) is 0. The summed E-state index contributed by atoms with van der Waals surface area (Å²) >= 11 is 0. The van der Waals surface area contributed by atoms with E-state index >= 15 is 0 Å². The number of nitrogens with zero attached hydrogens (tertiary/aromatic N) is 2. The van der Waals surface area contributed by atoms with Crippen LogP contribution < -0.4 is 0 Å². The molecule has 2 aliphatic rings. The molecule has 2 aliphatic heterocycles. The lowest BCUT2D eigenvalue weighted by Crippen LogP contribution is -2.34. The Morgan fingerprint density at radius 1 is 1.07 bits per heavy atom. The van der Waals surface area contributed by atoms with Crippen LogP contribution in [-0.4, -0.2) is 40.5 Å². The van der Waals surface area contributed by atoms with Crippen molar-refractivity contribution in [1.29, 1.82) is 0 Å². The van der Waals surface area contributed by atoms with Crippen LogP contribution in [0.3, 0.4) is 0 Å². The molecule has 0 unspecified atom stereocenters. The second kappa shape index (κ2) is 3.92. The Kier molecular flexibility index (Phi) is 2.80. The van der Waals surface area contributed by atoms with Crippen LogP contribution in [-0.2, 0) is 0 Å². The maximum atomic E-state index is 2.56. The van der Waals surface area contributed by atoms with E-state index in [1.807, 2.05) is 0 Å². The summed E-state index contributed by atoms with van der Waals surface area (Å²) < 4.78 is 2.56. The second-order valence-corrected chi connectivity index (χ2v) is 5.07. The molecular weight excluding hydrogens is 172 g/mol. The van der Waals surface area contributed by atoms with Gasteiger partial charge < -0.3 is 0 Å². The summed E-state index contributed by atoms with van der Waals surface area (Å²) in [7, 11) is 0. The summed E-state index contributed by atoms with van der Waals surface area (Å²) in [6.45, 7) is 8.30. The van der Waals surface area contributed by atoms with Crippen LogP contribution in [0.2, 0.25) is 0 Å². The molecule has 0 amide bonds. The van der Waals surface area contributed by atoms with Crippen LogP contribution in [0.15, 0.2) is 0 Å². The second-order valence-electron chi connectivity index (χ2n) is 5.07. The molecule has 2 fully saturated rings. The highest BCUT2D eigenvalue weighted by molar-refractivity contribution is 5.50. The Balaban J connectivity index is 2.08. The van der Waals surface area contributed by atoms with Gasteiger partial charge in [-0.1, -0.05) is 0 Å². The van der Waals surface area contributed by atoms with Crippen molar-refractivity contribution in [3.05, 3.63) is 0 Å². The lowest BCUT2D eigenvalue weighted by atomic mass is 10.2. The quantitative estimate of drug-likeness (QED) is 0.458. The van der Waals surface area contributed by atoms with E-state index in [-0.39, 0.29) is 0 Å². The Bertz CT molecular complexity index is 222. The molecule has 0 aromatic heterocycles. The van der Waals surface area contributed by atoms with E-state index in [0.29, 0.717) is 0 Å². The van der Waals surface area contributed by atoms with Crippen molar-refractivity contribution in [2.75, 3.05) is 6.54 Å². The van der Waals surface area contributed by atoms with Gasteiger partial charge in [-0.05, 0) is 46.5 Å². The maximum Gasteiger partial charge on any atom is 0.234 e. The van der Waals surface area contributed by atoms with E-state index in [9.17, 15) is 0 Å². The van der Waals surface area contributed by atoms with Gasteiger partial charge in [0, 0.05) is 0 Å². The Hall–Kier alpha value is -0.530. The molecule has 0 aromatic carbocycles. The molecule has 0 aromatic rings. The van der Waals surface area contributed by atoms with Gasteiger partial charge >= 0.3 is 0 Å². The molecule has 2 nitrogen and oxygen atoms in total. The number of hydrogen-bond acceptors (Lipinski definition) is 0. The van der Waals surface area contributed by atoms with Crippen molar-refractivity contribution < 1.29 is 4.58 Å². The average Bonchev–Trinajstić information content (AvgIpc) is 2.67. The van der Waals surface area contributed by atoms with Gasteiger partial charge in [0.15, 0.2) is 0 Å². The van der Waals surface area contributed by atoms with Gasteiger partial charge in [-0.25, -0.2) is 0 Å². The molecule has 2 saturated heterocycles. The minimum Gasteiger partial charge on any atom is -0.266 e. The third-order valence-corrected chi connectivity index (χ3v) is 3.91. The largest absolute Gasteiger partial charge is 0.266 e. The minimum atomic E-state index is 0.748. The SMILES string of the molecule is C[C@H]1CCCN1C=[N+]1[C@@H](C)CC[C@@H]1C. The monoisotopic (exact) mass is 195 g/mol. The summed E-state index contributed by atoms with van der Waals surface area (Å²) in [5, 5.41) is 0. The zero-order valence-electron chi connectivity index (χ0n) is 9.74. The molecular formula is C12H23N2+. The molecule has 0 saturated carbocycles. The van der Waals surface area contributed by atoms with Gasteiger partial charge in [-0.15, -0.1) is 0 Å². The number of hydrogen-bond donors (Lipinski definition) is 0. The first-order chi connectivity index (χ1) is 6.68. The third kappa shape index (κ3) is 1.79. The van der Waals surface area contributed by atoms with Crippen molar-refractivity contribution in [3.63, 3.8) is 0 Å². The van der Waals surface area contributed by atoms with Crippen LogP contribution >= 0.6 is 0 Å². The lowest BCUT2D eigenvalue weighted by Gasteiger charge is -2.16. The van der Waals surface area contributed by atoms with E-state index in [1.54, 1.807) is 0 Å². The zero-order chi connectivity index (χ0) is 10.1. The molecule has 80 valence electrons. The van der Waals surface area contributed by atoms with Crippen LogP contribution in [0.5, 0.6) is 0 Å². The minimum absolute atomic E-state index is 0.748. The van der Waals surface area contributed by atoms with Crippen molar-refractivity contribution in [1.82, 2.24) is 4.90 Å². The van der Waals surface area contributed by atoms with E-state index in [1.165, 1.54) is 32.2 Å². The highest BCUT2D eigenvalue weighted by atomic mass is 15.3. The van der Waals surface area contributed by atoms with Crippen molar-refractivity contribution in [2.45, 2.75) is 64.6 Å². The summed E-state index contributed by atoms with van der Waals surface area (Å²) in [6.07, 6.45) is 7.86. The van der Waals surface area contributed by atoms with E-state index in [0.717, 1.165) is 18.1 Å². The Labute approximate surface area is 87.6 Å². The highest BCUT2D eigenvalue weighted by Crippen LogP contribution is 2.20. The maximum absolute atomic E-state index is 2.56. The Morgan fingerprint density at radius 2 is 1.71 bits per heavy atom. The first kappa shape index (κ1) is 10.0. The Morgan fingerprint density at radius 3 is 2.21 bits per heavy atom. The first-order valence-electron chi connectivity index (χ1n) is 6.06. The third-order valence-electron chi connectivity index (χ3n) is 3.91. The summed E-state index contributed by atoms with van der Waals surface area (Å²) in [4.78, 5) is 2.53. The molecule has 0 spiro atoms. The molecule has 14 heavy (non-hydrogen) atoms. The smallest absolute Gasteiger partial charge is 0.234 e. The molecule has 3 atom stereocenters. The molecule has 2 rings (SSSR count).